The maximum absolute atomic E-state index is 13.9. The highest BCUT2D eigenvalue weighted by Crippen LogP contribution is 2.28. The van der Waals surface area contributed by atoms with Gasteiger partial charge in [-0.05, 0) is 61.2 Å². The third-order valence-electron chi connectivity index (χ3n) is 6.43. The molecule has 0 aliphatic rings. The van der Waals surface area contributed by atoms with Gasteiger partial charge in [-0.2, -0.15) is 0 Å². The van der Waals surface area contributed by atoms with Crippen LogP contribution >= 0.6 is 0 Å². The van der Waals surface area contributed by atoms with E-state index in [0.29, 0.717) is 24.1 Å². The van der Waals surface area contributed by atoms with Crippen LogP contribution in [0.1, 0.15) is 37.0 Å². The summed E-state index contributed by atoms with van der Waals surface area (Å²) in [6, 6.07) is 18.3. The number of rotatable bonds is 11. The summed E-state index contributed by atoms with van der Waals surface area (Å²) < 4.78 is 42.5. The normalized spacial score (nSPS) is 12.0. The Labute approximate surface area is 224 Å². The molecular formula is C29H34FN3O4S. The Bertz CT molecular complexity index is 1360. The third-order valence-corrected chi connectivity index (χ3v) is 8.20. The van der Waals surface area contributed by atoms with Crippen LogP contribution in [0.3, 0.4) is 0 Å². The summed E-state index contributed by atoms with van der Waals surface area (Å²) in [6.45, 7) is 5.05. The van der Waals surface area contributed by atoms with Crippen LogP contribution < -0.4 is 9.62 Å². The van der Waals surface area contributed by atoms with Crippen LogP contribution in [-0.2, 0) is 32.6 Å². The minimum atomic E-state index is -4.13. The standard InChI is InChI=1S/C29H34FN3O4S/c1-5-23-9-7-8-10-27(23)33(38(36,37)25-17-11-21(3)12-18-25)20-28(34)32(26(6-2)29(35)31-4)19-22-13-15-24(30)16-14-22/h7-18,26H,5-6,19-20H2,1-4H3,(H,31,35). The van der Waals surface area contributed by atoms with Crippen LogP contribution in [0.4, 0.5) is 10.1 Å². The number of hydrogen-bond donors (Lipinski definition) is 1. The number of aryl methyl sites for hydroxylation is 2. The highest BCUT2D eigenvalue weighted by molar-refractivity contribution is 7.92. The number of amides is 2. The molecule has 3 rings (SSSR count). The zero-order valence-corrected chi connectivity index (χ0v) is 23.0. The Hall–Kier alpha value is -3.72. The molecule has 0 heterocycles. The van der Waals surface area contributed by atoms with Gasteiger partial charge in [0.15, 0.2) is 0 Å². The van der Waals surface area contributed by atoms with Gasteiger partial charge in [-0.1, -0.05) is 61.9 Å². The van der Waals surface area contributed by atoms with Crippen molar-refractivity contribution in [3.05, 3.63) is 95.3 Å². The second-order valence-corrected chi connectivity index (χ2v) is 10.9. The van der Waals surface area contributed by atoms with Crippen molar-refractivity contribution in [2.24, 2.45) is 0 Å². The van der Waals surface area contributed by atoms with E-state index in [2.05, 4.69) is 5.32 Å². The van der Waals surface area contributed by atoms with Gasteiger partial charge in [0, 0.05) is 13.6 Å². The minimum absolute atomic E-state index is 0.0128. The molecule has 0 saturated heterocycles. The molecule has 0 radical (unpaired) electrons. The lowest BCUT2D eigenvalue weighted by molar-refractivity contribution is -0.140. The van der Waals surface area contributed by atoms with Gasteiger partial charge in [-0.25, -0.2) is 12.8 Å². The zero-order valence-electron chi connectivity index (χ0n) is 22.1. The van der Waals surface area contributed by atoms with E-state index in [1.54, 1.807) is 43.3 Å². The molecule has 0 bridgehead atoms. The van der Waals surface area contributed by atoms with E-state index in [9.17, 15) is 22.4 Å². The zero-order chi connectivity index (χ0) is 27.9. The number of carbonyl (C=O) groups is 2. The van der Waals surface area contributed by atoms with Gasteiger partial charge in [-0.15, -0.1) is 0 Å². The average Bonchev–Trinajstić information content (AvgIpc) is 2.92. The Balaban J connectivity index is 2.09. The summed E-state index contributed by atoms with van der Waals surface area (Å²) in [5, 5.41) is 2.59. The number of nitrogens with one attached hydrogen (secondary N) is 1. The number of para-hydroxylation sites is 1. The number of anilines is 1. The van der Waals surface area contributed by atoms with Crippen molar-refractivity contribution in [1.82, 2.24) is 10.2 Å². The van der Waals surface area contributed by atoms with Crippen molar-refractivity contribution in [3.8, 4) is 0 Å². The van der Waals surface area contributed by atoms with Crippen LogP contribution in [0.5, 0.6) is 0 Å². The summed E-state index contributed by atoms with van der Waals surface area (Å²) in [7, 11) is -2.65. The van der Waals surface area contributed by atoms with E-state index in [1.165, 1.54) is 36.2 Å². The maximum atomic E-state index is 13.9. The lowest BCUT2D eigenvalue weighted by atomic mass is 10.1. The van der Waals surface area contributed by atoms with Gasteiger partial charge in [0.1, 0.15) is 18.4 Å². The van der Waals surface area contributed by atoms with E-state index in [1.807, 2.05) is 26.0 Å². The number of halogens is 1. The quantitative estimate of drug-likeness (QED) is 0.390. The fourth-order valence-electron chi connectivity index (χ4n) is 4.28. The third kappa shape index (κ3) is 6.58. The van der Waals surface area contributed by atoms with Crippen LogP contribution in [0.25, 0.3) is 0 Å². The number of sulfonamides is 1. The first-order chi connectivity index (χ1) is 18.1. The molecule has 0 fully saturated rings. The van der Waals surface area contributed by atoms with E-state index in [0.717, 1.165) is 15.4 Å². The predicted molar refractivity (Wildman–Crippen MR) is 147 cm³/mol. The van der Waals surface area contributed by atoms with E-state index in [-0.39, 0.29) is 17.3 Å². The van der Waals surface area contributed by atoms with Crippen molar-refractivity contribution in [2.75, 3.05) is 17.9 Å². The summed E-state index contributed by atoms with van der Waals surface area (Å²) in [5.41, 5.74) is 2.68. The van der Waals surface area contributed by atoms with E-state index < -0.39 is 34.3 Å². The molecule has 1 atom stereocenters. The Morgan fingerprint density at radius 1 is 0.947 bits per heavy atom. The Kier molecular flexibility index (Phi) is 9.63. The van der Waals surface area contributed by atoms with Crippen LogP contribution in [0.15, 0.2) is 77.7 Å². The number of nitrogens with zero attached hydrogens (tertiary/aromatic N) is 2. The highest BCUT2D eigenvalue weighted by Gasteiger charge is 2.34. The fraction of sp³-hybridized carbons (Fsp3) is 0.310. The first-order valence-corrected chi connectivity index (χ1v) is 14.0. The number of carbonyl (C=O) groups excluding carboxylic acids is 2. The van der Waals surface area contributed by atoms with Gasteiger partial charge in [-0.3, -0.25) is 13.9 Å². The molecule has 0 aliphatic heterocycles. The summed E-state index contributed by atoms with van der Waals surface area (Å²) in [5.74, 6) is -1.34. The average molecular weight is 540 g/mol. The molecule has 3 aromatic carbocycles. The molecule has 202 valence electrons. The first kappa shape index (κ1) is 28.8. The SMILES string of the molecule is CCc1ccccc1N(CC(=O)N(Cc1ccc(F)cc1)C(CC)C(=O)NC)S(=O)(=O)c1ccc(C)cc1. The molecule has 38 heavy (non-hydrogen) atoms. The van der Waals surface area contributed by atoms with Crippen molar-refractivity contribution < 1.29 is 22.4 Å². The van der Waals surface area contributed by atoms with Crippen LogP contribution in [0.2, 0.25) is 0 Å². The maximum Gasteiger partial charge on any atom is 0.264 e. The molecule has 0 aromatic heterocycles. The van der Waals surface area contributed by atoms with Crippen molar-refractivity contribution in [1.29, 1.82) is 0 Å². The number of likely N-dealkylation sites (N-methyl/N-ethyl adjacent to an activating group) is 1. The van der Waals surface area contributed by atoms with E-state index in [4.69, 9.17) is 0 Å². The first-order valence-electron chi connectivity index (χ1n) is 12.5. The van der Waals surface area contributed by atoms with Crippen LogP contribution in [-0.4, -0.2) is 44.8 Å². The van der Waals surface area contributed by atoms with Gasteiger partial charge in [0.05, 0.1) is 10.6 Å². The Morgan fingerprint density at radius 3 is 2.16 bits per heavy atom. The molecule has 0 spiro atoms. The monoisotopic (exact) mass is 539 g/mol. The number of benzene rings is 3. The van der Waals surface area contributed by atoms with Crippen molar-refractivity contribution in [3.63, 3.8) is 0 Å². The fourth-order valence-corrected chi connectivity index (χ4v) is 5.73. The second-order valence-electron chi connectivity index (χ2n) is 8.99. The molecular weight excluding hydrogens is 505 g/mol. The molecule has 0 aliphatic carbocycles. The molecule has 1 N–H and O–H groups in total. The van der Waals surface area contributed by atoms with Crippen molar-refractivity contribution in [2.45, 2.75) is 51.1 Å². The second kappa shape index (κ2) is 12.7. The summed E-state index contributed by atoms with van der Waals surface area (Å²) in [6.07, 6.45) is 0.863. The van der Waals surface area contributed by atoms with Gasteiger partial charge in [0.2, 0.25) is 11.8 Å². The smallest absolute Gasteiger partial charge is 0.264 e. The highest BCUT2D eigenvalue weighted by atomic mass is 32.2. The molecule has 9 heteroatoms. The van der Waals surface area contributed by atoms with E-state index >= 15 is 0 Å². The number of hydrogen-bond acceptors (Lipinski definition) is 4. The largest absolute Gasteiger partial charge is 0.357 e. The predicted octanol–water partition coefficient (Wildman–Crippen LogP) is 4.45. The van der Waals surface area contributed by atoms with Gasteiger partial charge in [0.25, 0.3) is 10.0 Å². The Morgan fingerprint density at radius 2 is 1.58 bits per heavy atom. The topological polar surface area (TPSA) is 86.8 Å². The summed E-state index contributed by atoms with van der Waals surface area (Å²) in [4.78, 5) is 28.1. The minimum Gasteiger partial charge on any atom is -0.357 e. The lowest BCUT2D eigenvalue weighted by Gasteiger charge is -2.33. The van der Waals surface area contributed by atoms with Gasteiger partial charge < -0.3 is 10.2 Å². The molecule has 2 amide bonds. The van der Waals surface area contributed by atoms with Crippen molar-refractivity contribution >= 4 is 27.5 Å². The molecule has 0 saturated carbocycles. The molecule has 7 nitrogen and oxygen atoms in total. The van der Waals surface area contributed by atoms with Crippen LogP contribution in [0, 0.1) is 12.7 Å². The lowest BCUT2D eigenvalue weighted by Crippen LogP contribution is -2.51. The summed E-state index contributed by atoms with van der Waals surface area (Å²) >= 11 is 0. The van der Waals surface area contributed by atoms with Gasteiger partial charge >= 0.3 is 0 Å². The molecule has 3 aromatic rings. The molecule has 1 unspecified atom stereocenters.